The van der Waals surface area contributed by atoms with Crippen molar-refractivity contribution in [1.29, 1.82) is 0 Å². The molecular formula is C19H27ClN4O3S. The standard InChI is InChI=1S/C19H27ClN4O3S/c20-16-1-5-18(6-2-16)28(26,27)24-11-9-22(10-12-24)19(25)21-13-15-7-8-23(14-15)17-3-4-17/h1-2,5-6,15,17H,3-4,7-14H2,(H,21,25). The molecule has 2 amide bonds. The third-order valence-electron chi connectivity index (χ3n) is 5.90. The Balaban J connectivity index is 1.24. The van der Waals surface area contributed by atoms with Crippen molar-refractivity contribution in [2.45, 2.75) is 30.2 Å². The first-order valence-electron chi connectivity index (χ1n) is 9.96. The normalized spacial score (nSPS) is 24.5. The molecule has 0 radical (unpaired) electrons. The highest BCUT2D eigenvalue weighted by atomic mass is 35.5. The SMILES string of the molecule is O=C(NCC1CCN(C2CC2)C1)N1CCN(S(=O)(=O)c2ccc(Cl)cc2)CC1. The van der Waals surface area contributed by atoms with Crippen LogP contribution < -0.4 is 5.32 Å². The summed E-state index contributed by atoms with van der Waals surface area (Å²) in [6.45, 7) is 4.33. The fourth-order valence-electron chi connectivity index (χ4n) is 4.03. The lowest BCUT2D eigenvalue weighted by atomic mass is 10.1. The van der Waals surface area contributed by atoms with Crippen LogP contribution in [0, 0.1) is 5.92 Å². The molecule has 154 valence electrons. The predicted octanol–water partition coefficient (Wildman–Crippen LogP) is 1.84. The number of hydrogen-bond donors (Lipinski definition) is 1. The molecule has 28 heavy (non-hydrogen) atoms. The molecule has 3 fully saturated rings. The molecule has 0 bridgehead atoms. The zero-order chi connectivity index (χ0) is 19.7. The summed E-state index contributed by atoms with van der Waals surface area (Å²) in [5.74, 6) is 0.524. The molecule has 0 spiro atoms. The van der Waals surface area contributed by atoms with Gasteiger partial charge in [-0.1, -0.05) is 11.6 Å². The number of benzene rings is 1. The number of halogens is 1. The fourth-order valence-corrected chi connectivity index (χ4v) is 5.58. The fraction of sp³-hybridized carbons (Fsp3) is 0.632. The molecule has 0 aromatic heterocycles. The van der Waals surface area contributed by atoms with Gasteiger partial charge in [0.1, 0.15) is 0 Å². The van der Waals surface area contributed by atoms with E-state index in [0.717, 1.165) is 25.6 Å². The van der Waals surface area contributed by atoms with E-state index >= 15 is 0 Å². The summed E-state index contributed by atoms with van der Waals surface area (Å²) in [7, 11) is -3.55. The molecular weight excluding hydrogens is 400 g/mol. The van der Waals surface area contributed by atoms with Crippen molar-refractivity contribution in [3.8, 4) is 0 Å². The summed E-state index contributed by atoms with van der Waals surface area (Å²) < 4.78 is 26.9. The summed E-state index contributed by atoms with van der Waals surface area (Å²) in [5.41, 5.74) is 0. The summed E-state index contributed by atoms with van der Waals surface area (Å²) in [6, 6.07) is 6.88. The quantitative estimate of drug-likeness (QED) is 0.779. The van der Waals surface area contributed by atoms with Gasteiger partial charge in [0.25, 0.3) is 0 Å². The van der Waals surface area contributed by atoms with Crippen LogP contribution in [0.4, 0.5) is 4.79 Å². The molecule has 7 nitrogen and oxygen atoms in total. The minimum absolute atomic E-state index is 0.0894. The Bertz CT molecular complexity index is 805. The Hall–Kier alpha value is -1.35. The van der Waals surface area contributed by atoms with Gasteiger partial charge >= 0.3 is 6.03 Å². The van der Waals surface area contributed by atoms with Gasteiger partial charge in [-0.3, -0.25) is 0 Å². The van der Waals surface area contributed by atoms with E-state index in [4.69, 9.17) is 11.6 Å². The number of likely N-dealkylation sites (tertiary alicyclic amines) is 1. The third kappa shape index (κ3) is 4.45. The minimum atomic E-state index is -3.55. The number of hydrogen-bond acceptors (Lipinski definition) is 4. The topological polar surface area (TPSA) is 73.0 Å². The van der Waals surface area contributed by atoms with E-state index in [2.05, 4.69) is 10.2 Å². The first-order chi connectivity index (χ1) is 13.4. The molecule has 1 aromatic rings. The lowest BCUT2D eigenvalue weighted by molar-refractivity contribution is 0.171. The van der Waals surface area contributed by atoms with Crippen molar-refractivity contribution >= 4 is 27.7 Å². The van der Waals surface area contributed by atoms with Gasteiger partial charge in [0.05, 0.1) is 4.90 Å². The third-order valence-corrected chi connectivity index (χ3v) is 8.06. The van der Waals surface area contributed by atoms with Gasteiger partial charge in [-0.2, -0.15) is 4.31 Å². The predicted molar refractivity (Wildman–Crippen MR) is 108 cm³/mol. The molecule has 1 aliphatic carbocycles. The average molecular weight is 427 g/mol. The van der Waals surface area contributed by atoms with Gasteiger partial charge in [0.2, 0.25) is 10.0 Å². The van der Waals surface area contributed by atoms with Crippen molar-refractivity contribution in [1.82, 2.24) is 19.4 Å². The Kier molecular flexibility index (Phi) is 5.83. The number of urea groups is 1. The van der Waals surface area contributed by atoms with Crippen LogP contribution in [0.5, 0.6) is 0 Å². The highest BCUT2D eigenvalue weighted by Gasteiger charge is 2.35. The number of sulfonamides is 1. The van der Waals surface area contributed by atoms with Crippen LogP contribution in [0.15, 0.2) is 29.2 Å². The number of piperazine rings is 1. The largest absolute Gasteiger partial charge is 0.338 e. The van der Waals surface area contributed by atoms with Crippen molar-refractivity contribution in [3.05, 3.63) is 29.3 Å². The lowest BCUT2D eigenvalue weighted by Gasteiger charge is -2.34. The second-order valence-corrected chi connectivity index (χ2v) is 10.3. The van der Waals surface area contributed by atoms with E-state index < -0.39 is 10.0 Å². The Morgan fingerprint density at radius 3 is 2.36 bits per heavy atom. The van der Waals surface area contributed by atoms with E-state index in [1.54, 1.807) is 17.0 Å². The first kappa shape index (κ1) is 19.9. The van der Waals surface area contributed by atoms with Crippen LogP contribution in [0.1, 0.15) is 19.3 Å². The molecule has 9 heteroatoms. The molecule has 1 unspecified atom stereocenters. The number of rotatable bonds is 5. The van der Waals surface area contributed by atoms with Crippen LogP contribution in [0.2, 0.25) is 5.02 Å². The van der Waals surface area contributed by atoms with E-state index in [1.165, 1.54) is 29.3 Å². The zero-order valence-electron chi connectivity index (χ0n) is 15.9. The van der Waals surface area contributed by atoms with Crippen molar-refractivity contribution in [2.75, 3.05) is 45.8 Å². The monoisotopic (exact) mass is 426 g/mol. The molecule has 3 aliphatic rings. The number of nitrogens with zero attached hydrogens (tertiary/aromatic N) is 3. The second kappa shape index (κ2) is 8.18. The maximum Gasteiger partial charge on any atom is 0.317 e. The number of amides is 2. The minimum Gasteiger partial charge on any atom is -0.338 e. The molecule has 4 rings (SSSR count). The number of nitrogens with one attached hydrogen (secondary N) is 1. The average Bonchev–Trinajstić information content (AvgIpc) is 3.45. The Morgan fingerprint density at radius 2 is 1.71 bits per heavy atom. The van der Waals surface area contributed by atoms with Crippen molar-refractivity contribution < 1.29 is 13.2 Å². The maximum absolute atomic E-state index is 12.7. The molecule has 1 atom stereocenters. The Labute approximate surface area is 171 Å². The number of carbonyl (C=O) groups excluding carboxylic acids is 1. The summed E-state index contributed by atoms with van der Waals surface area (Å²) >= 11 is 5.84. The van der Waals surface area contributed by atoms with Crippen LogP contribution in [0.3, 0.4) is 0 Å². The molecule has 2 saturated heterocycles. The molecule has 1 aromatic carbocycles. The van der Waals surface area contributed by atoms with Crippen LogP contribution in [-0.4, -0.2) is 80.4 Å². The van der Waals surface area contributed by atoms with Crippen molar-refractivity contribution in [2.24, 2.45) is 5.92 Å². The van der Waals surface area contributed by atoms with E-state index in [0.29, 0.717) is 43.7 Å². The van der Waals surface area contributed by atoms with Gasteiger partial charge in [-0.15, -0.1) is 0 Å². The van der Waals surface area contributed by atoms with E-state index in [-0.39, 0.29) is 10.9 Å². The smallest absolute Gasteiger partial charge is 0.317 e. The van der Waals surface area contributed by atoms with Crippen LogP contribution >= 0.6 is 11.6 Å². The van der Waals surface area contributed by atoms with Crippen LogP contribution in [-0.2, 0) is 10.0 Å². The summed E-state index contributed by atoms with van der Waals surface area (Å²) in [6.07, 6.45) is 3.79. The Morgan fingerprint density at radius 1 is 1.04 bits per heavy atom. The van der Waals surface area contributed by atoms with E-state index in [9.17, 15) is 13.2 Å². The maximum atomic E-state index is 12.7. The van der Waals surface area contributed by atoms with Crippen LogP contribution in [0.25, 0.3) is 0 Å². The number of carbonyl (C=O) groups is 1. The molecule has 2 aliphatic heterocycles. The van der Waals surface area contributed by atoms with Gasteiger partial charge in [0.15, 0.2) is 0 Å². The van der Waals surface area contributed by atoms with Gasteiger partial charge in [0, 0.05) is 50.3 Å². The zero-order valence-corrected chi connectivity index (χ0v) is 17.5. The highest BCUT2D eigenvalue weighted by molar-refractivity contribution is 7.89. The van der Waals surface area contributed by atoms with Gasteiger partial charge in [-0.25, -0.2) is 13.2 Å². The van der Waals surface area contributed by atoms with Gasteiger partial charge in [-0.05, 0) is 56.0 Å². The summed E-state index contributed by atoms with van der Waals surface area (Å²) in [4.78, 5) is 16.9. The van der Waals surface area contributed by atoms with E-state index in [1.807, 2.05) is 0 Å². The summed E-state index contributed by atoms with van der Waals surface area (Å²) in [5, 5.41) is 3.55. The molecule has 2 heterocycles. The lowest BCUT2D eigenvalue weighted by Crippen LogP contribution is -2.53. The molecule has 1 saturated carbocycles. The second-order valence-electron chi connectivity index (χ2n) is 7.91. The first-order valence-corrected chi connectivity index (χ1v) is 11.8. The molecule has 1 N–H and O–H groups in total. The van der Waals surface area contributed by atoms with Gasteiger partial charge < -0.3 is 15.1 Å². The van der Waals surface area contributed by atoms with Crippen molar-refractivity contribution in [3.63, 3.8) is 0 Å². The highest BCUT2D eigenvalue weighted by Crippen LogP contribution is 2.31.